The van der Waals surface area contributed by atoms with E-state index in [1.807, 2.05) is 32.1 Å². The first kappa shape index (κ1) is 20.5. The van der Waals surface area contributed by atoms with Gasteiger partial charge in [-0.3, -0.25) is 9.89 Å². The summed E-state index contributed by atoms with van der Waals surface area (Å²) in [7, 11) is 0. The monoisotopic (exact) mass is 415 g/mol. The number of nitrogens with zero attached hydrogens (tertiary/aromatic N) is 4. The normalized spacial score (nSPS) is 12.1. The number of ketones is 1. The highest BCUT2D eigenvalue weighted by Crippen LogP contribution is 2.37. The van der Waals surface area contributed by atoms with Crippen molar-refractivity contribution in [3.05, 3.63) is 78.4 Å². The predicted octanol–water partition coefficient (Wildman–Crippen LogP) is 4.62. The number of hydrogen-bond donors (Lipinski definition) is 1. The average molecular weight is 415 g/mol. The van der Waals surface area contributed by atoms with E-state index >= 15 is 0 Å². The first-order valence-corrected chi connectivity index (χ1v) is 10.4. The summed E-state index contributed by atoms with van der Waals surface area (Å²) in [6, 6.07) is 7.84. The summed E-state index contributed by atoms with van der Waals surface area (Å²) in [5.41, 5.74) is 4.68. The summed E-state index contributed by atoms with van der Waals surface area (Å²) in [5, 5.41) is 11.6. The minimum Gasteiger partial charge on any atom is -0.493 e. The zero-order valence-electron chi connectivity index (χ0n) is 17.7. The van der Waals surface area contributed by atoms with Gasteiger partial charge in [0.2, 0.25) is 0 Å². The molecular formula is C24H25N5O2. The number of aromatic nitrogens is 5. The second-order valence-corrected chi connectivity index (χ2v) is 7.23. The Morgan fingerprint density at radius 1 is 1.32 bits per heavy atom. The molecule has 0 saturated carbocycles. The number of ether oxygens (including phenoxy) is 1. The number of benzene rings is 1. The third kappa shape index (κ3) is 3.86. The fraction of sp³-hybridized carbons (Fsp3) is 0.250. The number of hydrogen-bond acceptors (Lipinski definition) is 5. The van der Waals surface area contributed by atoms with Crippen LogP contribution in [-0.4, -0.2) is 37.2 Å². The smallest absolute Gasteiger partial charge is 0.175 e. The van der Waals surface area contributed by atoms with Crippen LogP contribution in [0.25, 0.3) is 16.9 Å². The molecular weight excluding hydrogens is 390 g/mol. The van der Waals surface area contributed by atoms with Crippen LogP contribution in [0.15, 0.2) is 61.7 Å². The number of aromatic amines is 1. The molecule has 3 heterocycles. The van der Waals surface area contributed by atoms with Crippen LogP contribution < -0.4 is 4.74 Å². The Morgan fingerprint density at radius 3 is 2.97 bits per heavy atom. The Labute approximate surface area is 180 Å². The van der Waals surface area contributed by atoms with E-state index in [0.29, 0.717) is 24.2 Å². The largest absolute Gasteiger partial charge is 0.493 e. The van der Waals surface area contributed by atoms with Gasteiger partial charge in [0, 0.05) is 23.5 Å². The molecule has 0 spiro atoms. The van der Waals surface area contributed by atoms with E-state index in [9.17, 15) is 4.79 Å². The number of fused-ring (bicyclic) bond motifs is 1. The molecule has 0 fully saturated rings. The molecule has 0 saturated heterocycles. The van der Waals surface area contributed by atoms with Gasteiger partial charge in [-0.25, -0.2) is 9.50 Å². The van der Waals surface area contributed by atoms with Crippen molar-refractivity contribution in [3.63, 3.8) is 0 Å². The van der Waals surface area contributed by atoms with Gasteiger partial charge >= 0.3 is 0 Å². The Bertz CT molecular complexity index is 1220. The Hall–Kier alpha value is -3.74. The van der Waals surface area contributed by atoms with Crippen LogP contribution in [0.2, 0.25) is 0 Å². The van der Waals surface area contributed by atoms with E-state index in [4.69, 9.17) is 4.74 Å². The average Bonchev–Trinajstić information content (AvgIpc) is 3.43. The summed E-state index contributed by atoms with van der Waals surface area (Å²) in [5.74, 6) is 0.334. The van der Waals surface area contributed by atoms with Crippen LogP contribution in [0.5, 0.6) is 5.75 Å². The summed E-state index contributed by atoms with van der Waals surface area (Å²) in [6.07, 6.45) is 9.99. The molecule has 1 N–H and O–H groups in total. The zero-order chi connectivity index (χ0) is 21.8. The zero-order valence-corrected chi connectivity index (χ0v) is 17.7. The molecule has 1 atom stereocenters. The topological polar surface area (TPSA) is 85.2 Å². The maximum Gasteiger partial charge on any atom is 0.175 e. The van der Waals surface area contributed by atoms with Gasteiger partial charge in [-0.05, 0) is 43.5 Å². The molecule has 7 nitrogen and oxygen atoms in total. The van der Waals surface area contributed by atoms with Gasteiger partial charge < -0.3 is 4.74 Å². The van der Waals surface area contributed by atoms with Crippen molar-refractivity contribution < 1.29 is 9.53 Å². The molecule has 4 rings (SSSR count). The van der Waals surface area contributed by atoms with Crippen molar-refractivity contribution >= 4 is 11.4 Å². The molecule has 0 aliphatic carbocycles. The van der Waals surface area contributed by atoms with Gasteiger partial charge in [0.1, 0.15) is 5.75 Å². The number of allylic oxidation sites excluding steroid dienone is 1. The highest BCUT2D eigenvalue weighted by atomic mass is 16.5. The van der Waals surface area contributed by atoms with Gasteiger partial charge in [0.25, 0.3) is 0 Å². The van der Waals surface area contributed by atoms with E-state index in [-0.39, 0.29) is 11.7 Å². The standard InChI is InChI=1S/C24H25N5O2/c1-4-8-16-9-10-21(31-6-3)18(13-16)22-19(14-26-28-22)17(5-2)23(30)20-15-27-29-12-7-11-25-24(20)29/h4,7,9-15,17H,1,5-6,8H2,2-3H3,(H,26,28). The quantitative estimate of drug-likeness (QED) is 0.318. The first-order valence-electron chi connectivity index (χ1n) is 10.4. The maximum atomic E-state index is 13.5. The highest BCUT2D eigenvalue weighted by molar-refractivity contribution is 6.06. The lowest BCUT2D eigenvalue weighted by molar-refractivity contribution is 0.0959. The van der Waals surface area contributed by atoms with Crippen molar-refractivity contribution in [1.82, 2.24) is 24.8 Å². The van der Waals surface area contributed by atoms with Crippen LogP contribution in [0.4, 0.5) is 0 Å². The van der Waals surface area contributed by atoms with Gasteiger partial charge in [-0.15, -0.1) is 6.58 Å². The fourth-order valence-corrected chi connectivity index (χ4v) is 3.86. The third-order valence-corrected chi connectivity index (χ3v) is 5.31. The van der Waals surface area contributed by atoms with Crippen LogP contribution in [0.3, 0.4) is 0 Å². The minimum atomic E-state index is -0.388. The predicted molar refractivity (Wildman–Crippen MR) is 119 cm³/mol. The molecule has 0 radical (unpaired) electrons. The van der Waals surface area contributed by atoms with Crippen LogP contribution >= 0.6 is 0 Å². The summed E-state index contributed by atoms with van der Waals surface area (Å²) >= 11 is 0. The van der Waals surface area contributed by atoms with Gasteiger partial charge in [-0.1, -0.05) is 19.1 Å². The summed E-state index contributed by atoms with van der Waals surface area (Å²) in [6.45, 7) is 8.32. The van der Waals surface area contributed by atoms with E-state index in [2.05, 4.69) is 32.9 Å². The van der Waals surface area contributed by atoms with Crippen LogP contribution in [-0.2, 0) is 6.42 Å². The number of carbonyl (C=O) groups excluding carboxylic acids is 1. The van der Waals surface area contributed by atoms with E-state index in [0.717, 1.165) is 34.6 Å². The Kier molecular flexibility index (Phi) is 5.93. The minimum absolute atomic E-state index is 0.0287. The highest BCUT2D eigenvalue weighted by Gasteiger charge is 2.28. The lowest BCUT2D eigenvalue weighted by Gasteiger charge is -2.16. The van der Waals surface area contributed by atoms with Crippen LogP contribution in [0, 0.1) is 0 Å². The second kappa shape index (κ2) is 8.95. The van der Waals surface area contributed by atoms with Crippen LogP contribution in [0.1, 0.15) is 47.7 Å². The Balaban J connectivity index is 1.79. The number of Topliss-reactive ketones (excluding diaryl/α,β-unsaturated/α-hetero) is 1. The molecule has 1 unspecified atom stereocenters. The molecule has 158 valence electrons. The van der Waals surface area contributed by atoms with Gasteiger partial charge in [0.05, 0.1) is 36.2 Å². The van der Waals surface area contributed by atoms with Crippen molar-refractivity contribution in [3.8, 4) is 17.0 Å². The second-order valence-electron chi connectivity index (χ2n) is 7.23. The number of carbonyl (C=O) groups is 1. The van der Waals surface area contributed by atoms with E-state index < -0.39 is 0 Å². The maximum absolute atomic E-state index is 13.5. The lowest BCUT2D eigenvalue weighted by atomic mass is 9.87. The number of rotatable bonds is 9. The van der Waals surface area contributed by atoms with Crippen molar-refractivity contribution in [1.29, 1.82) is 0 Å². The molecule has 31 heavy (non-hydrogen) atoms. The summed E-state index contributed by atoms with van der Waals surface area (Å²) in [4.78, 5) is 17.9. The molecule has 7 heteroatoms. The fourth-order valence-electron chi connectivity index (χ4n) is 3.86. The van der Waals surface area contributed by atoms with E-state index in [1.54, 1.807) is 35.4 Å². The van der Waals surface area contributed by atoms with E-state index in [1.165, 1.54) is 0 Å². The number of nitrogens with one attached hydrogen (secondary N) is 1. The molecule has 0 aliphatic heterocycles. The SMILES string of the molecule is C=CCc1ccc(OCC)c(-c2[nH]ncc2C(CC)C(=O)c2cnn3cccnc23)c1. The van der Waals surface area contributed by atoms with Gasteiger partial charge in [-0.2, -0.15) is 10.2 Å². The molecule has 0 aliphatic rings. The van der Waals surface area contributed by atoms with Crippen molar-refractivity contribution in [2.24, 2.45) is 0 Å². The Morgan fingerprint density at radius 2 is 2.19 bits per heavy atom. The molecule has 0 amide bonds. The summed E-state index contributed by atoms with van der Waals surface area (Å²) < 4.78 is 7.48. The van der Waals surface area contributed by atoms with Crippen molar-refractivity contribution in [2.75, 3.05) is 6.61 Å². The molecule has 0 bridgehead atoms. The van der Waals surface area contributed by atoms with Crippen molar-refractivity contribution in [2.45, 2.75) is 32.6 Å². The molecule has 1 aromatic carbocycles. The molecule has 4 aromatic rings. The molecule has 3 aromatic heterocycles. The number of H-pyrrole nitrogens is 1. The van der Waals surface area contributed by atoms with Gasteiger partial charge in [0.15, 0.2) is 11.4 Å². The lowest BCUT2D eigenvalue weighted by Crippen LogP contribution is -2.13. The first-order chi connectivity index (χ1) is 15.2. The third-order valence-electron chi connectivity index (χ3n) is 5.31.